The zero-order valence-corrected chi connectivity index (χ0v) is 17.3. The molecule has 0 saturated heterocycles. The summed E-state index contributed by atoms with van der Waals surface area (Å²) >= 11 is 6.98. The molecule has 0 saturated carbocycles. The monoisotopic (exact) mass is 448 g/mol. The number of thiazole rings is 2. The van der Waals surface area contributed by atoms with Crippen LogP contribution in [0.1, 0.15) is 15.6 Å². The van der Waals surface area contributed by atoms with Crippen LogP contribution in [0.5, 0.6) is 0 Å². The molecule has 0 aliphatic carbocycles. The van der Waals surface area contributed by atoms with E-state index in [-0.39, 0.29) is 0 Å². The van der Waals surface area contributed by atoms with E-state index < -0.39 is 0 Å². The third-order valence-electron chi connectivity index (χ3n) is 4.21. The molecule has 0 fully saturated rings. The van der Waals surface area contributed by atoms with Gasteiger partial charge in [-0.3, -0.25) is 0 Å². The zero-order chi connectivity index (χ0) is 18.2. The lowest BCUT2D eigenvalue weighted by Gasteiger charge is -2.02. The average Bonchev–Trinajstić information content (AvgIpc) is 3.30. The Morgan fingerprint density at radius 1 is 0.741 bits per heavy atom. The average molecular weight is 449 g/mol. The second-order valence-electron chi connectivity index (χ2n) is 6.09. The van der Waals surface area contributed by atoms with Gasteiger partial charge >= 0.3 is 0 Å². The summed E-state index contributed by atoms with van der Waals surface area (Å²) in [5.41, 5.74) is 4.24. The molecule has 0 bridgehead atoms. The second kappa shape index (κ2) is 7.00. The van der Waals surface area contributed by atoms with Crippen LogP contribution in [0.2, 0.25) is 0 Å². The number of hydrogen-bond acceptors (Lipinski definition) is 4. The Labute approximate surface area is 173 Å². The van der Waals surface area contributed by atoms with Crippen LogP contribution in [0.25, 0.3) is 32.1 Å². The predicted octanol–water partition coefficient (Wildman–Crippen LogP) is 7.26. The first-order valence-electron chi connectivity index (χ1n) is 8.45. The normalized spacial score (nSPS) is 11.1. The minimum atomic E-state index is 0.996. The van der Waals surface area contributed by atoms with Crippen molar-refractivity contribution in [3.8, 4) is 0 Å². The van der Waals surface area contributed by atoms with Crippen LogP contribution in [0.3, 0.4) is 0 Å². The number of benzene rings is 3. The molecule has 130 valence electrons. The van der Waals surface area contributed by atoms with Crippen molar-refractivity contribution in [2.24, 2.45) is 0 Å². The van der Waals surface area contributed by atoms with E-state index in [9.17, 15) is 0 Å². The summed E-state index contributed by atoms with van der Waals surface area (Å²) in [5.74, 6) is 0. The predicted molar refractivity (Wildman–Crippen MR) is 120 cm³/mol. The first-order valence-corrected chi connectivity index (χ1v) is 10.9. The molecule has 0 N–H and O–H groups in total. The summed E-state index contributed by atoms with van der Waals surface area (Å²) in [4.78, 5) is 9.77. The van der Waals surface area contributed by atoms with Crippen molar-refractivity contribution >= 4 is 70.7 Å². The van der Waals surface area contributed by atoms with Crippen LogP contribution in [0.15, 0.2) is 77.3 Å². The van der Waals surface area contributed by atoms with E-state index in [1.807, 2.05) is 24.3 Å². The second-order valence-corrected chi connectivity index (χ2v) is 9.06. The maximum Gasteiger partial charge on any atom is 0.127 e. The van der Waals surface area contributed by atoms with Crippen molar-refractivity contribution in [3.05, 3.63) is 92.8 Å². The fourth-order valence-electron chi connectivity index (χ4n) is 2.95. The Hall–Kier alpha value is -2.34. The lowest BCUT2D eigenvalue weighted by Crippen LogP contribution is -1.87. The smallest absolute Gasteiger partial charge is 0.127 e. The molecule has 2 nitrogen and oxygen atoms in total. The number of nitrogens with zero attached hydrogens (tertiary/aromatic N) is 2. The molecule has 2 heterocycles. The number of para-hydroxylation sites is 2. The van der Waals surface area contributed by atoms with Crippen molar-refractivity contribution in [1.82, 2.24) is 9.97 Å². The molecule has 0 atom stereocenters. The van der Waals surface area contributed by atoms with Gasteiger partial charge in [-0.1, -0.05) is 52.3 Å². The lowest BCUT2D eigenvalue weighted by molar-refractivity contribution is 1.39. The Bertz CT molecular complexity index is 1160. The van der Waals surface area contributed by atoms with Gasteiger partial charge in [0.1, 0.15) is 10.0 Å². The topological polar surface area (TPSA) is 25.8 Å². The SMILES string of the molecule is Brc1cccc(C=C(c2nc3ccccc3s2)c2nc3ccccc3s2)c1. The van der Waals surface area contributed by atoms with Crippen molar-refractivity contribution < 1.29 is 0 Å². The molecule has 5 rings (SSSR count). The van der Waals surface area contributed by atoms with E-state index in [2.05, 4.69) is 70.5 Å². The van der Waals surface area contributed by atoms with Gasteiger partial charge in [-0.25, -0.2) is 9.97 Å². The molecule has 0 amide bonds. The van der Waals surface area contributed by atoms with Crippen molar-refractivity contribution in [2.75, 3.05) is 0 Å². The lowest BCUT2D eigenvalue weighted by atomic mass is 10.1. The molecule has 27 heavy (non-hydrogen) atoms. The van der Waals surface area contributed by atoms with Crippen molar-refractivity contribution in [2.45, 2.75) is 0 Å². The van der Waals surface area contributed by atoms with E-state index in [0.717, 1.165) is 36.7 Å². The summed E-state index contributed by atoms with van der Waals surface area (Å²) in [5, 5.41) is 1.99. The van der Waals surface area contributed by atoms with Gasteiger partial charge in [-0.2, -0.15) is 0 Å². The van der Waals surface area contributed by atoms with Crippen molar-refractivity contribution in [3.63, 3.8) is 0 Å². The molecule has 2 aromatic heterocycles. The fraction of sp³-hybridized carbons (Fsp3) is 0. The van der Waals surface area contributed by atoms with Crippen LogP contribution >= 0.6 is 38.6 Å². The molecular weight excluding hydrogens is 436 g/mol. The van der Waals surface area contributed by atoms with Crippen LogP contribution in [-0.4, -0.2) is 9.97 Å². The standard InChI is InChI=1S/C22H13BrN2S2/c23-15-7-5-6-14(12-15)13-16(21-24-17-8-1-3-10-19(17)26-21)22-25-18-9-2-4-11-20(18)27-22/h1-13H. The van der Waals surface area contributed by atoms with Gasteiger partial charge in [0.25, 0.3) is 0 Å². The summed E-state index contributed by atoms with van der Waals surface area (Å²) in [6, 6.07) is 24.8. The Morgan fingerprint density at radius 2 is 1.33 bits per heavy atom. The Kier molecular flexibility index (Phi) is 4.36. The van der Waals surface area contributed by atoms with Gasteiger partial charge < -0.3 is 0 Å². The third kappa shape index (κ3) is 3.34. The summed E-state index contributed by atoms with van der Waals surface area (Å²) in [6.07, 6.45) is 2.18. The molecule has 0 spiro atoms. The number of halogens is 1. The zero-order valence-electron chi connectivity index (χ0n) is 14.1. The molecule has 3 aromatic carbocycles. The summed E-state index contributed by atoms with van der Waals surface area (Å²) in [7, 11) is 0. The van der Waals surface area contributed by atoms with Gasteiger partial charge in [0.05, 0.1) is 20.4 Å². The quantitative estimate of drug-likeness (QED) is 0.290. The van der Waals surface area contributed by atoms with Gasteiger partial charge in [0.15, 0.2) is 0 Å². The highest BCUT2D eigenvalue weighted by atomic mass is 79.9. The molecule has 5 heteroatoms. The third-order valence-corrected chi connectivity index (χ3v) is 6.84. The van der Waals surface area contributed by atoms with E-state index >= 15 is 0 Å². The molecular formula is C22H13BrN2S2. The van der Waals surface area contributed by atoms with Gasteiger partial charge in [0, 0.05) is 10.0 Å². The van der Waals surface area contributed by atoms with E-state index in [4.69, 9.17) is 9.97 Å². The van der Waals surface area contributed by atoms with E-state index in [0.29, 0.717) is 0 Å². The largest absolute Gasteiger partial charge is 0.236 e. The number of rotatable bonds is 3. The molecule has 0 aliphatic rings. The van der Waals surface area contributed by atoms with E-state index in [1.54, 1.807) is 22.7 Å². The van der Waals surface area contributed by atoms with Crippen LogP contribution < -0.4 is 0 Å². The van der Waals surface area contributed by atoms with E-state index in [1.165, 1.54) is 9.40 Å². The maximum absolute atomic E-state index is 4.88. The van der Waals surface area contributed by atoms with Gasteiger partial charge in [-0.15, -0.1) is 22.7 Å². The Balaban J connectivity index is 1.73. The van der Waals surface area contributed by atoms with Crippen molar-refractivity contribution in [1.29, 1.82) is 0 Å². The minimum absolute atomic E-state index is 0.996. The van der Waals surface area contributed by atoms with Gasteiger partial charge in [-0.05, 0) is 48.0 Å². The van der Waals surface area contributed by atoms with Crippen LogP contribution in [0, 0.1) is 0 Å². The highest BCUT2D eigenvalue weighted by Gasteiger charge is 2.15. The molecule has 0 aliphatic heterocycles. The first-order chi connectivity index (χ1) is 13.3. The number of fused-ring (bicyclic) bond motifs is 2. The summed E-state index contributed by atoms with van der Waals surface area (Å²) in [6.45, 7) is 0. The Morgan fingerprint density at radius 3 is 1.89 bits per heavy atom. The highest BCUT2D eigenvalue weighted by molar-refractivity contribution is 9.10. The van der Waals surface area contributed by atoms with Gasteiger partial charge in [0.2, 0.25) is 0 Å². The molecule has 0 unspecified atom stereocenters. The minimum Gasteiger partial charge on any atom is -0.236 e. The summed E-state index contributed by atoms with van der Waals surface area (Å²) < 4.78 is 3.44. The van der Waals surface area contributed by atoms with Crippen LogP contribution in [-0.2, 0) is 0 Å². The fourth-order valence-corrected chi connectivity index (χ4v) is 5.40. The van der Waals surface area contributed by atoms with Crippen LogP contribution in [0.4, 0.5) is 0 Å². The molecule has 5 aromatic rings. The maximum atomic E-state index is 4.88. The molecule has 0 radical (unpaired) electrons. The number of aromatic nitrogens is 2. The number of hydrogen-bond donors (Lipinski definition) is 0. The highest BCUT2D eigenvalue weighted by Crippen LogP contribution is 2.36. The first kappa shape index (κ1) is 16.8.